The monoisotopic (exact) mass is 296 g/mol. The number of fused-ring (bicyclic) bond motifs is 4. The van der Waals surface area contributed by atoms with Gasteiger partial charge in [-0.1, -0.05) is 30.3 Å². The lowest BCUT2D eigenvalue weighted by Gasteiger charge is -2.48. The van der Waals surface area contributed by atoms with Gasteiger partial charge in [-0.25, -0.2) is 0 Å². The molecule has 1 saturated carbocycles. The fourth-order valence-corrected chi connectivity index (χ4v) is 4.61. The Morgan fingerprint density at radius 1 is 1.14 bits per heavy atom. The Hall–Kier alpha value is -2.00. The highest BCUT2D eigenvalue weighted by atomic mass is 16.5. The normalized spacial score (nSPS) is 25.5. The molecule has 0 heterocycles. The summed E-state index contributed by atoms with van der Waals surface area (Å²) in [6.45, 7) is 2.04. The maximum Gasteiger partial charge on any atom is 0.166 e. The lowest BCUT2D eigenvalue weighted by Crippen LogP contribution is -2.42. The van der Waals surface area contributed by atoms with Crippen molar-refractivity contribution in [3.8, 4) is 22.6 Å². The van der Waals surface area contributed by atoms with E-state index in [9.17, 15) is 10.2 Å². The van der Waals surface area contributed by atoms with Gasteiger partial charge < -0.3 is 14.9 Å². The molecule has 114 valence electrons. The SMILES string of the molecule is COC12CCCC1c1c(C)c(-c3ccccc3)c(O)c(O)c12. The molecule has 2 aliphatic carbocycles. The molecule has 0 radical (unpaired) electrons. The number of phenols is 2. The van der Waals surface area contributed by atoms with Crippen LogP contribution in [0.15, 0.2) is 30.3 Å². The van der Waals surface area contributed by atoms with Gasteiger partial charge in [-0.3, -0.25) is 0 Å². The first-order valence-corrected chi connectivity index (χ1v) is 7.81. The Bertz CT molecular complexity index is 751. The molecule has 2 N–H and O–H groups in total. The number of methoxy groups -OCH3 is 1. The van der Waals surface area contributed by atoms with Gasteiger partial charge in [-0.05, 0) is 42.9 Å². The maximum absolute atomic E-state index is 10.6. The van der Waals surface area contributed by atoms with E-state index >= 15 is 0 Å². The van der Waals surface area contributed by atoms with Crippen molar-refractivity contribution < 1.29 is 14.9 Å². The Kier molecular flexibility index (Phi) is 2.79. The zero-order valence-electron chi connectivity index (χ0n) is 12.9. The lowest BCUT2D eigenvalue weighted by atomic mass is 9.62. The van der Waals surface area contributed by atoms with E-state index in [1.165, 1.54) is 5.56 Å². The van der Waals surface area contributed by atoms with Crippen LogP contribution in [-0.2, 0) is 10.3 Å². The Balaban J connectivity index is 2.00. The van der Waals surface area contributed by atoms with Crippen molar-refractivity contribution in [2.45, 2.75) is 37.7 Å². The topological polar surface area (TPSA) is 49.7 Å². The van der Waals surface area contributed by atoms with E-state index < -0.39 is 5.60 Å². The molecule has 2 atom stereocenters. The third kappa shape index (κ3) is 1.45. The minimum absolute atomic E-state index is 0.000506. The molecule has 1 fully saturated rings. The molecular formula is C19H20O3. The van der Waals surface area contributed by atoms with Crippen molar-refractivity contribution in [2.24, 2.45) is 0 Å². The number of hydrogen-bond acceptors (Lipinski definition) is 3. The quantitative estimate of drug-likeness (QED) is 0.817. The molecule has 0 saturated heterocycles. The van der Waals surface area contributed by atoms with Crippen molar-refractivity contribution in [1.82, 2.24) is 0 Å². The standard InChI is InChI=1S/C19H20O3/c1-11-14(12-7-4-3-5-8-12)17(20)18(21)16-15(11)13-9-6-10-19(13,16)22-2/h3-5,7-8,13,20-21H,6,9-10H2,1-2H3. The fraction of sp³-hybridized carbons (Fsp3) is 0.368. The van der Waals surface area contributed by atoms with E-state index in [1.807, 2.05) is 37.3 Å². The molecule has 2 aliphatic rings. The number of rotatable bonds is 2. The van der Waals surface area contributed by atoms with Crippen LogP contribution in [0.25, 0.3) is 11.1 Å². The summed E-state index contributed by atoms with van der Waals surface area (Å²) in [4.78, 5) is 0. The van der Waals surface area contributed by atoms with E-state index in [0.717, 1.165) is 41.5 Å². The Labute approximate surface area is 130 Å². The van der Waals surface area contributed by atoms with Crippen LogP contribution in [0.5, 0.6) is 11.5 Å². The summed E-state index contributed by atoms with van der Waals surface area (Å²) in [7, 11) is 1.71. The van der Waals surface area contributed by atoms with Gasteiger partial charge in [0.05, 0.1) is 0 Å². The van der Waals surface area contributed by atoms with E-state index in [2.05, 4.69) is 0 Å². The molecule has 3 heteroatoms. The number of ether oxygens (including phenoxy) is 1. The Morgan fingerprint density at radius 2 is 1.86 bits per heavy atom. The molecule has 2 unspecified atom stereocenters. The van der Waals surface area contributed by atoms with Gasteiger partial charge in [0, 0.05) is 24.2 Å². The zero-order valence-corrected chi connectivity index (χ0v) is 12.9. The van der Waals surface area contributed by atoms with Gasteiger partial charge in [0.1, 0.15) is 5.60 Å². The van der Waals surface area contributed by atoms with Crippen molar-refractivity contribution in [1.29, 1.82) is 0 Å². The van der Waals surface area contributed by atoms with Crippen molar-refractivity contribution >= 4 is 0 Å². The van der Waals surface area contributed by atoms with Crippen LogP contribution in [-0.4, -0.2) is 17.3 Å². The molecule has 0 bridgehead atoms. The van der Waals surface area contributed by atoms with Crippen LogP contribution in [0.3, 0.4) is 0 Å². The van der Waals surface area contributed by atoms with E-state index in [0.29, 0.717) is 5.92 Å². The summed E-state index contributed by atoms with van der Waals surface area (Å²) in [5.41, 5.74) is 4.34. The molecule has 3 nitrogen and oxygen atoms in total. The first kappa shape index (κ1) is 13.6. The molecule has 2 aromatic rings. The molecule has 2 aromatic carbocycles. The number of benzene rings is 2. The Morgan fingerprint density at radius 3 is 2.55 bits per heavy atom. The maximum atomic E-state index is 10.6. The van der Waals surface area contributed by atoms with Crippen molar-refractivity contribution in [3.05, 3.63) is 47.0 Å². The third-order valence-electron chi connectivity index (χ3n) is 5.55. The molecule has 0 aromatic heterocycles. The number of aromatic hydroxyl groups is 2. The van der Waals surface area contributed by atoms with Crippen LogP contribution in [0.4, 0.5) is 0 Å². The highest BCUT2D eigenvalue weighted by molar-refractivity contribution is 5.82. The van der Waals surface area contributed by atoms with Crippen LogP contribution in [0.2, 0.25) is 0 Å². The van der Waals surface area contributed by atoms with Gasteiger partial charge in [0.15, 0.2) is 11.5 Å². The molecule has 0 amide bonds. The van der Waals surface area contributed by atoms with E-state index in [4.69, 9.17) is 4.74 Å². The number of hydrogen-bond donors (Lipinski definition) is 2. The minimum Gasteiger partial charge on any atom is -0.504 e. The molecule has 0 aliphatic heterocycles. The highest BCUT2D eigenvalue weighted by Crippen LogP contribution is 2.67. The molecule has 22 heavy (non-hydrogen) atoms. The molecular weight excluding hydrogens is 276 g/mol. The van der Waals surface area contributed by atoms with E-state index in [1.54, 1.807) is 7.11 Å². The predicted molar refractivity (Wildman–Crippen MR) is 85.2 cm³/mol. The average molecular weight is 296 g/mol. The van der Waals surface area contributed by atoms with Crippen molar-refractivity contribution in [3.63, 3.8) is 0 Å². The van der Waals surface area contributed by atoms with Crippen LogP contribution in [0.1, 0.15) is 41.9 Å². The molecule has 0 spiro atoms. The summed E-state index contributed by atoms with van der Waals surface area (Å²) < 4.78 is 5.79. The first-order chi connectivity index (χ1) is 10.6. The van der Waals surface area contributed by atoms with Crippen LogP contribution < -0.4 is 0 Å². The predicted octanol–water partition coefficient (Wildman–Crippen LogP) is 4.20. The third-order valence-corrected chi connectivity index (χ3v) is 5.55. The number of phenolic OH excluding ortho intramolecular Hbond substituents is 2. The second-order valence-corrected chi connectivity index (χ2v) is 6.39. The fourth-order valence-electron chi connectivity index (χ4n) is 4.61. The van der Waals surface area contributed by atoms with Crippen LogP contribution >= 0.6 is 0 Å². The zero-order chi connectivity index (χ0) is 15.5. The van der Waals surface area contributed by atoms with E-state index in [-0.39, 0.29) is 11.5 Å². The minimum atomic E-state index is -0.392. The van der Waals surface area contributed by atoms with Gasteiger partial charge in [-0.15, -0.1) is 0 Å². The lowest BCUT2D eigenvalue weighted by molar-refractivity contribution is -0.0485. The summed E-state index contributed by atoms with van der Waals surface area (Å²) in [6, 6.07) is 9.76. The smallest absolute Gasteiger partial charge is 0.166 e. The largest absolute Gasteiger partial charge is 0.504 e. The second kappa shape index (κ2) is 4.50. The van der Waals surface area contributed by atoms with Gasteiger partial charge in [0.25, 0.3) is 0 Å². The first-order valence-electron chi connectivity index (χ1n) is 7.81. The van der Waals surface area contributed by atoms with Gasteiger partial charge in [0.2, 0.25) is 0 Å². The summed E-state index contributed by atoms with van der Waals surface area (Å²) >= 11 is 0. The molecule has 4 rings (SSSR count). The average Bonchev–Trinajstić information content (AvgIpc) is 2.87. The second-order valence-electron chi connectivity index (χ2n) is 6.39. The highest BCUT2D eigenvalue weighted by Gasteiger charge is 2.58. The summed E-state index contributed by atoms with van der Waals surface area (Å²) in [5.74, 6) is 0.310. The van der Waals surface area contributed by atoms with Crippen molar-refractivity contribution in [2.75, 3.05) is 7.11 Å². The van der Waals surface area contributed by atoms with Gasteiger partial charge in [-0.2, -0.15) is 0 Å². The van der Waals surface area contributed by atoms with Crippen LogP contribution in [0, 0.1) is 6.92 Å². The summed E-state index contributed by atoms with van der Waals surface area (Å²) in [5, 5.41) is 21.2. The summed E-state index contributed by atoms with van der Waals surface area (Å²) in [6.07, 6.45) is 3.09. The van der Waals surface area contributed by atoms with Gasteiger partial charge >= 0.3 is 0 Å².